The maximum absolute atomic E-state index is 12.4. The number of rotatable bonds is 2. The maximum atomic E-state index is 12.4. The molecule has 0 saturated carbocycles. The molecule has 20 heavy (non-hydrogen) atoms. The molecule has 0 aliphatic heterocycles. The van der Waals surface area contributed by atoms with Crippen molar-refractivity contribution >= 4 is 10.9 Å². The summed E-state index contributed by atoms with van der Waals surface area (Å²) >= 11 is 0. The van der Waals surface area contributed by atoms with E-state index in [1.54, 1.807) is 7.11 Å². The van der Waals surface area contributed by atoms with E-state index in [4.69, 9.17) is 4.74 Å². The lowest BCUT2D eigenvalue weighted by Gasteiger charge is -2.12. The number of H-pyrrole nitrogens is 1. The van der Waals surface area contributed by atoms with Crippen molar-refractivity contribution in [2.45, 2.75) is 6.92 Å². The molecule has 0 unspecified atom stereocenters. The molecular formula is C17H15NO2. The standard InChI is InChI=1S/C17H15NO2/c1-11-7-3-4-8-12(11)15-16(20-2)13-9-5-6-10-14(13)18-17(15)19/h3-10H,1-2H3,(H,18,19). The summed E-state index contributed by atoms with van der Waals surface area (Å²) < 4.78 is 5.53. The van der Waals surface area contributed by atoms with Crippen LogP contribution in [0.1, 0.15) is 5.56 Å². The minimum atomic E-state index is -0.130. The summed E-state index contributed by atoms with van der Waals surface area (Å²) in [7, 11) is 1.60. The van der Waals surface area contributed by atoms with Gasteiger partial charge in [-0.2, -0.15) is 0 Å². The van der Waals surface area contributed by atoms with Crippen LogP contribution >= 0.6 is 0 Å². The average Bonchev–Trinajstić information content (AvgIpc) is 2.47. The molecule has 0 radical (unpaired) electrons. The Hall–Kier alpha value is -2.55. The van der Waals surface area contributed by atoms with Gasteiger partial charge in [-0.25, -0.2) is 0 Å². The number of nitrogens with one attached hydrogen (secondary N) is 1. The highest BCUT2D eigenvalue weighted by molar-refractivity contribution is 5.92. The van der Waals surface area contributed by atoms with Crippen LogP contribution in [0.3, 0.4) is 0 Å². The molecule has 3 nitrogen and oxygen atoms in total. The first-order valence-corrected chi connectivity index (χ1v) is 6.47. The van der Waals surface area contributed by atoms with Crippen LogP contribution in [0.4, 0.5) is 0 Å². The predicted molar refractivity (Wildman–Crippen MR) is 81.3 cm³/mol. The molecule has 3 aromatic rings. The Labute approximate surface area is 116 Å². The number of hydrogen-bond donors (Lipinski definition) is 1. The van der Waals surface area contributed by atoms with Crippen LogP contribution in [-0.2, 0) is 0 Å². The number of pyridine rings is 1. The number of ether oxygens (including phenoxy) is 1. The van der Waals surface area contributed by atoms with Gasteiger partial charge >= 0.3 is 0 Å². The van der Waals surface area contributed by atoms with Crippen molar-refractivity contribution < 1.29 is 4.74 Å². The molecule has 0 amide bonds. The molecule has 1 N–H and O–H groups in total. The van der Waals surface area contributed by atoms with Crippen molar-refractivity contribution in [3.63, 3.8) is 0 Å². The first-order chi connectivity index (χ1) is 9.72. The molecule has 0 bridgehead atoms. The smallest absolute Gasteiger partial charge is 0.260 e. The Balaban J connectivity index is 2.45. The highest BCUT2D eigenvalue weighted by Gasteiger charge is 2.16. The third kappa shape index (κ3) is 1.88. The van der Waals surface area contributed by atoms with E-state index in [-0.39, 0.29) is 5.56 Å². The molecule has 0 spiro atoms. The molecule has 0 fully saturated rings. The molecule has 2 aromatic carbocycles. The van der Waals surface area contributed by atoms with Gasteiger partial charge in [-0.3, -0.25) is 4.79 Å². The summed E-state index contributed by atoms with van der Waals surface area (Å²) in [5, 5.41) is 0.910. The third-order valence-corrected chi connectivity index (χ3v) is 3.49. The van der Waals surface area contributed by atoms with E-state index in [1.807, 2.05) is 55.5 Å². The van der Waals surface area contributed by atoms with Crippen LogP contribution in [0.2, 0.25) is 0 Å². The number of benzene rings is 2. The van der Waals surface area contributed by atoms with Gasteiger partial charge in [0.25, 0.3) is 5.56 Å². The van der Waals surface area contributed by atoms with E-state index in [9.17, 15) is 4.79 Å². The fourth-order valence-electron chi connectivity index (χ4n) is 2.52. The molecule has 0 aliphatic carbocycles. The van der Waals surface area contributed by atoms with E-state index < -0.39 is 0 Å². The van der Waals surface area contributed by atoms with E-state index in [1.165, 1.54) is 0 Å². The second-order valence-corrected chi connectivity index (χ2v) is 4.72. The number of aryl methyl sites for hydroxylation is 1. The number of aromatic nitrogens is 1. The van der Waals surface area contributed by atoms with E-state index in [0.717, 1.165) is 22.0 Å². The Bertz CT molecular complexity index is 834. The summed E-state index contributed by atoms with van der Waals surface area (Å²) in [6, 6.07) is 15.5. The average molecular weight is 265 g/mol. The summed E-state index contributed by atoms with van der Waals surface area (Å²) in [5.74, 6) is 0.624. The number of methoxy groups -OCH3 is 1. The number of hydrogen-bond acceptors (Lipinski definition) is 2. The zero-order chi connectivity index (χ0) is 14.1. The second kappa shape index (κ2) is 4.85. The zero-order valence-electron chi connectivity index (χ0n) is 11.4. The minimum Gasteiger partial charge on any atom is -0.495 e. The van der Waals surface area contributed by atoms with Gasteiger partial charge in [-0.1, -0.05) is 36.4 Å². The van der Waals surface area contributed by atoms with Crippen LogP contribution in [0, 0.1) is 6.92 Å². The lowest BCUT2D eigenvalue weighted by Crippen LogP contribution is -2.11. The summed E-state index contributed by atoms with van der Waals surface area (Å²) in [6.07, 6.45) is 0. The van der Waals surface area contributed by atoms with Gasteiger partial charge in [0.05, 0.1) is 18.2 Å². The Morgan fingerprint density at radius 2 is 1.70 bits per heavy atom. The van der Waals surface area contributed by atoms with Crippen LogP contribution < -0.4 is 10.3 Å². The molecule has 0 saturated heterocycles. The summed E-state index contributed by atoms with van der Waals surface area (Å²) in [6.45, 7) is 1.99. The van der Waals surface area contributed by atoms with Crippen LogP contribution in [0.25, 0.3) is 22.0 Å². The van der Waals surface area contributed by atoms with E-state index in [2.05, 4.69) is 4.98 Å². The molecule has 1 aromatic heterocycles. The van der Waals surface area contributed by atoms with Crippen molar-refractivity contribution in [1.82, 2.24) is 4.98 Å². The SMILES string of the molecule is COc1c(-c2ccccc2C)c(=O)[nH]c2ccccc12. The van der Waals surface area contributed by atoms with Crippen LogP contribution in [0.15, 0.2) is 53.3 Å². The Morgan fingerprint density at radius 3 is 2.45 bits per heavy atom. The molecule has 0 aliphatic rings. The van der Waals surface area contributed by atoms with Gasteiger partial charge in [-0.05, 0) is 30.2 Å². The Kier molecular flexibility index (Phi) is 3.03. The predicted octanol–water partition coefficient (Wildman–Crippen LogP) is 3.51. The monoisotopic (exact) mass is 265 g/mol. The van der Waals surface area contributed by atoms with Crippen molar-refractivity contribution in [1.29, 1.82) is 0 Å². The van der Waals surface area contributed by atoms with Crippen molar-refractivity contribution in [2.24, 2.45) is 0 Å². The molecule has 1 heterocycles. The molecule has 0 atom stereocenters. The van der Waals surface area contributed by atoms with Gasteiger partial charge in [0.1, 0.15) is 5.75 Å². The summed E-state index contributed by atoms with van der Waals surface area (Å²) in [5.41, 5.74) is 3.19. The lowest BCUT2D eigenvalue weighted by molar-refractivity contribution is 0.420. The summed E-state index contributed by atoms with van der Waals surface area (Å²) in [4.78, 5) is 15.4. The number of fused-ring (bicyclic) bond motifs is 1. The molecular weight excluding hydrogens is 250 g/mol. The molecule has 100 valence electrons. The van der Waals surface area contributed by atoms with Crippen LogP contribution in [-0.4, -0.2) is 12.1 Å². The van der Waals surface area contributed by atoms with Crippen molar-refractivity contribution in [2.75, 3.05) is 7.11 Å². The highest BCUT2D eigenvalue weighted by Crippen LogP contribution is 2.34. The largest absolute Gasteiger partial charge is 0.495 e. The Morgan fingerprint density at radius 1 is 1.00 bits per heavy atom. The highest BCUT2D eigenvalue weighted by atomic mass is 16.5. The van der Waals surface area contributed by atoms with Crippen molar-refractivity contribution in [3.8, 4) is 16.9 Å². The normalized spacial score (nSPS) is 10.7. The van der Waals surface area contributed by atoms with E-state index in [0.29, 0.717) is 11.3 Å². The van der Waals surface area contributed by atoms with Gasteiger partial charge in [0.15, 0.2) is 0 Å². The molecule has 3 heteroatoms. The number of aromatic amines is 1. The van der Waals surface area contributed by atoms with Gasteiger partial charge < -0.3 is 9.72 Å². The first kappa shape index (κ1) is 12.5. The lowest BCUT2D eigenvalue weighted by atomic mass is 9.99. The fourth-order valence-corrected chi connectivity index (χ4v) is 2.52. The second-order valence-electron chi connectivity index (χ2n) is 4.72. The number of para-hydroxylation sites is 1. The quantitative estimate of drug-likeness (QED) is 0.770. The van der Waals surface area contributed by atoms with Crippen LogP contribution in [0.5, 0.6) is 5.75 Å². The fraction of sp³-hybridized carbons (Fsp3) is 0.118. The third-order valence-electron chi connectivity index (χ3n) is 3.49. The van der Waals surface area contributed by atoms with Gasteiger partial charge in [0, 0.05) is 5.39 Å². The van der Waals surface area contributed by atoms with Crippen molar-refractivity contribution in [3.05, 3.63) is 64.4 Å². The minimum absolute atomic E-state index is 0.130. The molecule has 3 rings (SSSR count). The topological polar surface area (TPSA) is 42.1 Å². The van der Waals surface area contributed by atoms with E-state index >= 15 is 0 Å². The first-order valence-electron chi connectivity index (χ1n) is 6.47. The maximum Gasteiger partial charge on any atom is 0.260 e. The van der Waals surface area contributed by atoms with Gasteiger partial charge in [-0.15, -0.1) is 0 Å². The van der Waals surface area contributed by atoms with Gasteiger partial charge in [0.2, 0.25) is 0 Å². The zero-order valence-corrected chi connectivity index (χ0v) is 11.4.